The number of rotatable bonds is 4. The third kappa shape index (κ3) is 2.73. The second-order valence-corrected chi connectivity index (χ2v) is 9.12. The van der Waals surface area contributed by atoms with E-state index in [1.54, 1.807) is 0 Å². The number of nitrogens with zero attached hydrogens (tertiary/aromatic N) is 1. The molecule has 4 bridgehead atoms. The second-order valence-electron chi connectivity index (χ2n) is 9.12. The van der Waals surface area contributed by atoms with Crippen molar-refractivity contribution in [2.45, 2.75) is 43.9 Å². The lowest BCUT2D eigenvalue weighted by Gasteiger charge is -2.61. The minimum Gasteiger partial charge on any atom is -0.455 e. The molecule has 1 aromatic rings. The van der Waals surface area contributed by atoms with E-state index < -0.39 is 17.4 Å². The number of hydrogen-bond donors (Lipinski definition) is 0. The molecule has 2 unspecified atom stereocenters. The van der Waals surface area contributed by atoms with Crippen LogP contribution in [0.25, 0.3) is 0 Å². The summed E-state index contributed by atoms with van der Waals surface area (Å²) in [5.74, 6) is 0.317. The predicted octanol–water partition coefficient (Wildman–Crippen LogP) is 3.05. The van der Waals surface area contributed by atoms with E-state index in [0.717, 1.165) is 37.0 Å². The van der Waals surface area contributed by atoms with Gasteiger partial charge in [0.2, 0.25) is 0 Å². The fourth-order valence-corrected chi connectivity index (χ4v) is 6.61. The summed E-state index contributed by atoms with van der Waals surface area (Å²) in [4.78, 5) is 37.9. The van der Waals surface area contributed by atoms with Crippen molar-refractivity contribution in [1.29, 1.82) is 0 Å². The Morgan fingerprint density at radius 3 is 2.46 bits per heavy atom. The van der Waals surface area contributed by atoms with Crippen molar-refractivity contribution >= 4 is 18.0 Å². The van der Waals surface area contributed by atoms with Gasteiger partial charge in [0, 0.05) is 0 Å². The van der Waals surface area contributed by atoms with Crippen LogP contribution in [-0.2, 0) is 24.5 Å². The molecule has 28 heavy (non-hydrogen) atoms. The molecule has 4 aliphatic carbocycles. The zero-order valence-electron chi connectivity index (χ0n) is 15.9. The van der Waals surface area contributed by atoms with Crippen molar-refractivity contribution in [1.82, 2.24) is 4.90 Å². The number of benzene rings is 1. The summed E-state index contributed by atoms with van der Waals surface area (Å²) in [5, 5.41) is 0. The highest BCUT2D eigenvalue weighted by Crippen LogP contribution is 2.66. The van der Waals surface area contributed by atoms with Gasteiger partial charge in [-0.25, -0.2) is 9.69 Å². The lowest BCUT2D eigenvalue weighted by atomic mass is 9.43. The van der Waals surface area contributed by atoms with Gasteiger partial charge in [0.1, 0.15) is 6.61 Å². The minimum atomic E-state index is -0.654. The largest absolute Gasteiger partial charge is 0.455 e. The quantitative estimate of drug-likeness (QED) is 0.747. The van der Waals surface area contributed by atoms with Gasteiger partial charge in [0.15, 0.2) is 6.61 Å². The van der Waals surface area contributed by atoms with Crippen LogP contribution in [0.4, 0.5) is 4.79 Å². The van der Waals surface area contributed by atoms with Gasteiger partial charge in [-0.1, -0.05) is 30.3 Å². The molecule has 5 fully saturated rings. The van der Waals surface area contributed by atoms with Crippen LogP contribution in [0.2, 0.25) is 0 Å². The molecule has 0 spiro atoms. The number of esters is 1. The first-order valence-electron chi connectivity index (χ1n) is 10.2. The van der Waals surface area contributed by atoms with Gasteiger partial charge in [-0.05, 0) is 61.3 Å². The van der Waals surface area contributed by atoms with Crippen LogP contribution in [0.1, 0.15) is 44.1 Å². The SMILES string of the molecule is O=C(COC(=O)C12C[C@H]3C[C@@H](C1)CC(c1ccccc1)(C3)C2)N1CCOC1=O. The number of amides is 2. The maximum Gasteiger partial charge on any atom is 0.416 e. The Morgan fingerprint density at radius 2 is 1.82 bits per heavy atom. The van der Waals surface area contributed by atoms with Crippen LogP contribution < -0.4 is 0 Å². The van der Waals surface area contributed by atoms with Crippen LogP contribution in [0.3, 0.4) is 0 Å². The zero-order chi connectivity index (χ0) is 19.4. The van der Waals surface area contributed by atoms with Crippen LogP contribution in [0.5, 0.6) is 0 Å². The van der Waals surface area contributed by atoms with Gasteiger partial charge in [-0.2, -0.15) is 0 Å². The highest BCUT2D eigenvalue weighted by atomic mass is 16.6. The van der Waals surface area contributed by atoms with E-state index >= 15 is 0 Å². The molecular formula is C22H25NO5. The Morgan fingerprint density at radius 1 is 1.11 bits per heavy atom. The van der Waals surface area contributed by atoms with E-state index in [1.807, 2.05) is 6.07 Å². The molecule has 4 atom stereocenters. The Labute approximate surface area is 164 Å². The predicted molar refractivity (Wildman–Crippen MR) is 99.3 cm³/mol. The Hall–Kier alpha value is -2.37. The Balaban J connectivity index is 1.34. The molecule has 1 aliphatic heterocycles. The smallest absolute Gasteiger partial charge is 0.416 e. The lowest BCUT2D eigenvalue weighted by molar-refractivity contribution is -0.176. The van der Waals surface area contributed by atoms with Crippen molar-refractivity contribution in [2.75, 3.05) is 19.8 Å². The van der Waals surface area contributed by atoms with Gasteiger partial charge >= 0.3 is 12.1 Å². The summed E-state index contributed by atoms with van der Waals surface area (Å²) < 4.78 is 10.3. The first-order valence-corrected chi connectivity index (χ1v) is 10.2. The van der Waals surface area contributed by atoms with Crippen LogP contribution >= 0.6 is 0 Å². The van der Waals surface area contributed by atoms with E-state index in [4.69, 9.17) is 9.47 Å². The van der Waals surface area contributed by atoms with E-state index in [9.17, 15) is 14.4 Å². The van der Waals surface area contributed by atoms with Crippen molar-refractivity contribution < 1.29 is 23.9 Å². The van der Waals surface area contributed by atoms with Crippen LogP contribution in [-0.4, -0.2) is 42.6 Å². The van der Waals surface area contributed by atoms with Crippen molar-refractivity contribution in [3.63, 3.8) is 0 Å². The Bertz CT molecular complexity index is 805. The fraction of sp³-hybridized carbons (Fsp3) is 0.591. The number of hydrogen-bond acceptors (Lipinski definition) is 5. The van der Waals surface area contributed by atoms with Gasteiger partial charge in [-0.3, -0.25) is 9.59 Å². The molecule has 6 rings (SSSR count). The van der Waals surface area contributed by atoms with Crippen molar-refractivity contribution in [3.05, 3.63) is 35.9 Å². The fourth-order valence-electron chi connectivity index (χ4n) is 6.61. The van der Waals surface area contributed by atoms with Crippen molar-refractivity contribution in [2.24, 2.45) is 17.3 Å². The summed E-state index contributed by atoms with van der Waals surface area (Å²) >= 11 is 0. The molecule has 4 saturated carbocycles. The molecule has 6 nitrogen and oxygen atoms in total. The summed E-state index contributed by atoms with van der Waals surface area (Å²) in [6, 6.07) is 10.6. The van der Waals surface area contributed by atoms with E-state index in [-0.39, 0.29) is 31.1 Å². The lowest BCUT2D eigenvalue weighted by Crippen LogP contribution is -2.57. The summed E-state index contributed by atoms with van der Waals surface area (Å²) in [5.41, 5.74) is 0.885. The average Bonchev–Trinajstić information content (AvgIpc) is 3.11. The highest BCUT2D eigenvalue weighted by Gasteiger charge is 2.61. The molecule has 2 amide bonds. The maximum absolute atomic E-state index is 13.2. The van der Waals surface area contributed by atoms with Gasteiger partial charge in [0.05, 0.1) is 12.0 Å². The number of ether oxygens (including phenoxy) is 2. The third-order valence-electron chi connectivity index (χ3n) is 7.27. The maximum atomic E-state index is 13.2. The molecule has 0 radical (unpaired) electrons. The van der Waals surface area contributed by atoms with Crippen LogP contribution in [0.15, 0.2) is 30.3 Å². The average molecular weight is 383 g/mol. The third-order valence-corrected chi connectivity index (χ3v) is 7.27. The second kappa shape index (κ2) is 6.33. The molecule has 148 valence electrons. The molecule has 0 N–H and O–H groups in total. The van der Waals surface area contributed by atoms with Gasteiger partial charge < -0.3 is 9.47 Å². The summed E-state index contributed by atoms with van der Waals surface area (Å²) in [7, 11) is 0. The summed E-state index contributed by atoms with van der Waals surface area (Å²) in [6.45, 7) is 0.0381. The number of carbonyl (C=O) groups is 3. The molecule has 1 aromatic carbocycles. The van der Waals surface area contributed by atoms with E-state index in [0.29, 0.717) is 11.8 Å². The highest BCUT2D eigenvalue weighted by molar-refractivity contribution is 5.94. The van der Waals surface area contributed by atoms with Gasteiger partial charge in [-0.15, -0.1) is 0 Å². The molecule has 1 saturated heterocycles. The summed E-state index contributed by atoms with van der Waals surface area (Å²) in [6.07, 6.45) is 5.34. The van der Waals surface area contributed by atoms with Crippen LogP contribution in [0, 0.1) is 17.3 Å². The number of cyclic esters (lactones) is 1. The Kier molecular flexibility index (Phi) is 4.00. The van der Waals surface area contributed by atoms with Gasteiger partial charge in [0.25, 0.3) is 5.91 Å². The standard InChI is InChI=1S/C22H25NO5/c24-18(23-6-7-27-20(23)26)13-28-19(25)22-11-15-8-16(12-22)10-21(9-15,14-22)17-4-2-1-3-5-17/h1-5,15-16H,6-14H2/t15-,16+,21?,22?. The van der Waals surface area contributed by atoms with E-state index in [1.165, 1.54) is 12.0 Å². The minimum absolute atomic E-state index is 0.0487. The van der Waals surface area contributed by atoms with Crippen molar-refractivity contribution in [3.8, 4) is 0 Å². The number of imide groups is 1. The molecule has 1 heterocycles. The molecule has 0 aromatic heterocycles. The number of carbonyl (C=O) groups excluding carboxylic acids is 3. The first-order chi connectivity index (χ1) is 13.5. The molecular weight excluding hydrogens is 358 g/mol. The molecule has 5 aliphatic rings. The zero-order valence-corrected chi connectivity index (χ0v) is 15.9. The van der Waals surface area contributed by atoms with E-state index in [2.05, 4.69) is 24.3 Å². The monoisotopic (exact) mass is 383 g/mol. The topological polar surface area (TPSA) is 72.9 Å². The molecule has 6 heteroatoms. The normalized spacial score (nSPS) is 35.7. The first kappa shape index (κ1) is 17.7.